The van der Waals surface area contributed by atoms with Crippen LogP contribution in [0.2, 0.25) is 0 Å². The topological polar surface area (TPSA) is 139 Å². The number of nitrogens with zero attached hydrogens (tertiary/aromatic N) is 2. The molecule has 186 valence electrons. The molecule has 36 heavy (non-hydrogen) atoms. The van der Waals surface area contributed by atoms with Crippen LogP contribution in [0.5, 0.6) is 0 Å². The van der Waals surface area contributed by atoms with Crippen molar-refractivity contribution in [1.29, 1.82) is 0 Å². The molecule has 0 bridgehead atoms. The Morgan fingerprint density at radius 2 is 1.92 bits per heavy atom. The molecule has 0 aliphatic carbocycles. The number of alkyl carbamates (subject to hydrolysis) is 1. The molecule has 2 aromatic carbocycles. The van der Waals surface area contributed by atoms with E-state index in [1.54, 1.807) is 17.5 Å². The van der Waals surface area contributed by atoms with Crippen LogP contribution in [0.4, 0.5) is 15.6 Å². The second-order valence-corrected chi connectivity index (χ2v) is 9.44. The molecular weight excluding hydrogens is 482 g/mol. The second-order valence-electron chi connectivity index (χ2n) is 8.58. The molecule has 0 spiro atoms. The number of benzene rings is 2. The molecule has 4 rings (SSSR count). The van der Waals surface area contributed by atoms with Gasteiger partial charge in [0.2, 0.25) is 5.91 Å². The van der Waals surface area contributed by atoms with Gasteiger partial charge in [0.05, 0.1) is 17.2 Å². The first-order valence-corrected chi connectivity index (χ1v) is 12.2. The van der Waals surface area contributed by atoms with Crippen molar-refractivity contribution in [2.75, 3.05) is 11.9 Å². The van der Waals surface area contributed by atoms with Crippen LogP contribution in [0.25, 0.3) is 22.2 Å². The lowest BCUT2D eigenvalue weighted by atomic mass is 10.0. The maximum Gasteiger partial charge on any atom is 0.407 e. The van der Waals surface area contributed by atoms with Gasteiger partial charge in [0, 0.05) is 46.6 Å². The van der Waals surface area contributed by atoms with E-state index in [4.69, 9.17) is 4.74 Å². The van der Waals surface area contributed by atoms with Gasteiger partial charge in [-0.05, 0) is 29.7 Å². The highest BCUT2D eigenvalue weighted by molar-refractivity contribution is 7.14. The Kier molecular flexibility index (Phi) is 7.59. The van der Waals surface area contributed by atoms with Gasteiger partial charge in [0.15, 0.2) is 5.13 Å². The molecule has 0 radical (unpaired) electrons. The van der Waals surface area contributed by atoms with Crippen LogP contribution >= 0.6 is 11.3 Å². The largest absolute Gasteiger partial charge is 0.449 e. The number of non-ortho nitro benzene ring substituents is 1. The van der Waals surface area contributed by atoms with Crippen molar-refractivity contribution in [3.63, 3.8) is 0 Å². The van der Waals surface area contributed by atoms with E-state index in [1.807, 2.05) is 44.3 Å². The van der Waals surface area contributed by atoms with E-state index in [9.17, 15) is 19.7 Å². The number of amides is 2. The molecule has 2 amide bonds. The number of hydrogen-bond acceptors (Lipinski definition) is 7. The highest BCUT2D eigenvalue weighted by Crippen LogP contribution is 2.27. The van der Waals surface area contributed by atoms with E-state index >= 15 is 0 Å². The Bertz CT molecular complexity index is 1380. The van der Waals surface area contributed by atoms with Crippen molar-refractivity contribution in [2.24, 2.45) is 5.92 Å². The minimum Gasteiger partial charge on any atom is -0.449 e. The molecule has 0 saturated heterocycles. The summed E-state index contributed by atoms with van der Waals surface area (Å²) in [6.07, 6.45) is 1.39. The lowest BCUT2D eigenvalue weighted by molar-refractivity contribution is -0.384. The molecule has 0 aliphatic rings. The van der Waals surface area contributed by atoms with Crippen molar-refractivity contribution < 1.29 is 19.2 Å². The van der Waals surface area contributed by atoms with Gasteiger partial charge in [-0.2, -0.15) is 0 Å². The number of carbonyl (C=O) groups is 2. The molecule has 4 aromatic rings. The molecule has 3 N–H and O–H groups in total. The number of rotatable bonds is 9. The number of H-pyrrole nitrogens is 1. The summed E-state index contributed by atoms with van der Waals surface area (Å²) < 4.78 is 5.23. The number of aromatic nitrogens is 2. The first kappa shape index (κ1) is 24.9. The number of nitro groups is 1. The zero-order chi connectivity index (χ0) is 25.7. The van der Waals surface area contributed by atoms with Crippen molar-refractivity contribution in [3.05, 3.63) is 75.8 Å². The summed E-state index contributed by atoms with van der Waals surface area (Å²) in [5.74, 6) is -0.281. The predicted molar refractivity (Wildman–Crippen MR) is 138 cm³/mol. The summed E-state index contributed by atoms with van der Waals surface area (Å²) in [6, 6.07) is 12.8. The van der Waals surface area contributed by atoms with Crippen molar-refractivity contribution in [2.45, 2.75) is 26.3 Å². The average Bonchev–Trinajstić information content (AvgIpc) is 3.49. The third-order valence-electron chi connectivity index (χ3n) is 5.36. The zero-order valence-electron chi connectivity index (χ0n) is 19.7. The number of ether oxygens (including phenoxy) is 1. The summed E-state index contributed by atoms with van der Waals surface area (Å²) >= 11 is 1.22. The Balaban J connectivity index is 1.50. The van der Waals surface area contributed by atoms with Gasteiger partial charge >= 0.3 is 6.09 Å². The number of aromatic amines is 1. The fraction of sp³-hybridized carbons (Fsp3) is 0.240. The molecule has 2 aromatic heterocycles. The van der Waals surface area contributed by atoms with Crippen LogP contribution in [0.15, 0.2) is 60.1 Å². The molecule has 11 heteroatoms. The number of para-hydroxylation sites is 1. The zero-order valence-corrected chi connectivity index (χ0v) is 20.5. The normalized spacial score (nSPS) is 11.9. The highest BCUT2D eigenvalue weighted by Gasteiger charge is 2.24. The Hall–Kier alpha value is -4.25. The highest BCUT2D eigenvalue weighted by atomic mass is 32.1. The van der Waals surface area contributed by atoms with E-state index in [-0.39, 0.29) is 24.6 Å². The van der Waals surface area contributed by atoms with Gasteiger partial charge in [-0.15, -0.1) is 11.3 Å². The standard InChI is InChI=1S/C25H25N5O5S/c1-15(2)13-35-25(32)28-21(11-17-12-26-20-6-4-3-5-19(17)20)23(31)29-24-27-22(14-36-24)16-7-9-18(10-8-16)30(33)34/h3-10,12,14-15,21,26H,11,13H2,1-2H3,(H,28,32)(H,27,29,31)/t21-/m0/s1. The van der Waals surface area contributed by atoms with Crippen molar-refractivity contribution >= 4 is 45.1 Å². The molecule has 10 nitrogen and oxygen atoms in total. The third kappa shape index (κ3) is 6.05. The van der Waals surface area contributed by atoms with E-state index in [0.29, 0.717) is 16.4 Å². The number of nitro benzene ring substituents is 1. The van der Waals surface area contributed by atoms with Crippen molar-refractivity contribution in [1.82, 2.24) is 15.3 Å². The predicted octanol–water partition coefficient (Wildman–Crippen LogP) is 5.13. The number of hydrogen-bond donors (Lipinski definition) is 3. The molecule has 1 atom stereocenters. The summed E-state index contributed by atoms with van der Waals surface area (Å²) in [5.41, 5.74) is 3.05. The second kappa shape index (κ2) is 11.0. The molecule has 0 aliphatic heterocycles. The summed E-state index contributed by atoms with van der Waals surface area (Å²) in [4.78, 5) is 43.6. The maximum absolute atomic E-state index is 13.2. The number of nitrogens with one attached hydrogen (secondary N) is 3. The van der Waals surface area contributed by atoms with E-state index < -0.39 is 23.0 Å². The smallest absolute Gasteiger partial charge is 0.407 e. The Morgan fingerprint density at radius 1 is 1.17 bits per heavy atom. The van der Waals surface area contributed by atoms with Crippen LogP contribution in [0, 0.1) is 16.0 Å². The first-order valence-electron chi connectivity index (χ1n) is 11.3. The quantitative estimate of drug-likeness (QED) is 0.212. The van der Waals surface area contributed by atoms with Crippen LogP contribution in [0.1, 0.15) is 19.4 Å². The molecule has 0 unspecified atom stereocenters. The van der Waals surface area contributed by atoms with Crippen molar-refractivity contribution in [3.8, 4) is 11.3 Å². The van der Waals surface area contributed by atoms with Gasteiger partial charge in [0.25, 0.3) is 5.69 Å². The van der Waals surface area contributed by atoms with Crippen LogP contribution in [-0.4, -0.2) is 39.5 Å². The Morgan fingerprint density at radius 3 is 2.64 bits per heavy atom. The van der Waals surface area contributed by atoms with E-state index in [1.165, 1.54) is 23.5 Å². The number of fused-ring (bicyclic) bond motifs is 1. The molecule has 0 saturated carbocycles. The lowest BCUT2D eigenvalue weighted by Gasteiger charge is -2.18. The van der Waals surface area contributed by atoms with Gasteiger partial charge < -0.3 is 20.4 Å². The minimum absolute atomic E-state index is 0.0157. The molecule has 0 fully saturated rings. The number of anilines is 1. The van der Waals surface area contributed by atoms with Crippen LogP contribution in [-0.2, 0) is 16.0 Å². The Labute approximate surface area is 210 Å². The number of thiazole rings is 1. The van der Waals surface area contributed by atoms with Gasteiger partial charge in [0.1, 0.15) is 6.04 Å². The van der Waals surface area contributed by atoms with Gasteiger partial charge in [-0.1, -0.05) is 32.0 Å². The number of carbonyl (C=O) groups excluding carboxylic acids is 2. The van der Waals surface area contributed by atoms with Gasteiger partial charge in [-0.25, -0.2) is 9.78 Å². The SMILES string of the molecule is CC(C)COC(=O)N[C@@H](Cc1c[nH]c2ccccc12)C(=O)Nc1nc(-c2ccc([N+](=O)[O-])cc2)cs1. The molecule has 2 heterocycles. The van der Waals surface area contributed by atoms with Crippen LogP contribution in [0.3, 0.4) is 0 Å². The fourth-order valence-corrected chi connectivity index (χ4v) is 4.29. The summed E-state index contributed by atoms with van der Waals surface area (Å²) in [6.45, 7) is 4.08. The van der Waals surface area contributed by atoms with E-state index in [2.05, 4.69) is 20.6 Å². The monoisotopic (exact) mass is 507 g/mol. The lowest BCUT2D eigenvalue weighted by Crippen LogP contribution is -2.45. The minimum atomic E-state index is -0.907. The fourth-order valence-electron chi connectivity index (χ4n) is 3.57. The van der Waals surface area contributed by atoms with Gasteiger partial charge in [-0.3, -0.25) is 14.9 Å². The summed E-state index contributed by atoms with van der Waals surface area (Å²) in [7, 11) is 0. The third-order valence-corrected chi connectivity index (χ3v) is 6.12. The average molecular weight is 508 g/mol. The van der Waals surface area contributed by atoms with E-state index in [0.717, 1.165) is 16.5 Å². The molecular formula is C25H25N5O5S. The first-order chi connectivity index (χ1) is 17.3. The maximum atomic E-state index is 13.2. The summed E-state index contributed by atoms with van der Waals surface area (Å²) in [5, 5.41) is 19.4. The van der Waals surface area contributed by atoms with Crippen LogP contribution < -0.4 is 10.6 Å².